The van der Waals surface area contributed by atoms with Gasteiger partial charge in [0.1, 0.15) is 5.39 Å². The van der Waals surface area contributed by atoms with E-state index in [2.05, 4.69) is 4.98 Å². The van der Waals surface area contributed by atoms with E-state index in [1.165, 1.54) is 6.07 Å². The van der Waals surface area contributed by atoms with E-state index in [1.54, 1.807) is 0 Å². The fourth-order valence-electron chi connectivity index (χ4n) is 1.93. The van der Waals surface area contributed by atoms with Crippen LogP contribution in [0.5, 0.6) is 0 Å². The van der Waals surface area contributed by atoms with Crippen molar-refractivity contribution in [3.05, 3.63) is 42.9 Å². The Morgan fingerprint density at radius 2 is 2.11 bits per heavy atom. The number of nitrogens with one attached hydrogen (secondary N) is 1. The molecule has 0 saturated carbocycles. The standard InChI is InChI=1S/C12H13FN2O4/c1-2-3-4-7-5-8(16)19-10-9(7)11(17)15(6-13)12(18)14-10/h5H,2-4,6H2,1H3,(H,14,18). The van der Waals surface area contributed by atoms with Crippen molar-refractivity contribution in [2.75, 3.05) is 0 Å². The molecular formula is C12H13FN2O4. The van der Waals surface area contributed by atoms with Crippen LogP contribution in [0.25, 0.3) is 11.1 Å². The van der Waals surface area contributed by atoms with Crippen LogP contribution in [-0.4, -0.2) is 9.55 Å². The second-order valence-corrected chi connectivity index (χ2v) is 4.18. The molecule has 1 N–H and O–H groups in total. The van der Waals surface area contributed by atoms with E-state index in [1.807, 2.05) is 6.92 Å². The Morgan fingerprint density at radius 1 is 1.37 bits per heavy atom. The lowest BCUT2D eigenvalue weighted by Crippen LogP contribution is -2.35. The van der Waals surface area contributed by atoms with Crippen LogP contribution in [0.4, 0.5) is 4.39 Å². The van der Waals surface area contributed by atoms with Crippen LogP contribution in [0.15, 0.2) is 24.9 Å². The predicted octanol–water partition coefficient (Wildman–Crippen LogP) is 0.913. The van der Waals surface area contributed by atoms with Gasteiger partial charge in [0.2, 0.25) is 5.71 Å². The van der Waals surface area contributed by atoms with Crippen LogP contribution < -0.4 is 16.9 Å². The second kappa shape index (κ2) is 5.21. The van der Waals surface area contributed by atoms with Crippen molar-refractivity contribution in [3.8, 4) is 0 Å². The van der Waals surface area contributed by atoms with Crippen LogP contribution in [0, 0.1) is 0 Å². The minimum Gasteiger partial charge on any atom is -0.405 e. The zero-order chi connectivity index (χ0) is 14.0. The van der Waals surface area contributed by atoms with Crippen molar-refractivity contribution >= 4 is 11.1 Å². The summed E-state index contributed by atoms with van der Waals surface area (Å²) >= 11 is 0. The topological polar surface area (TPSA) is 85.1 Å². The van der Waals surface area contributed by atoms with Gasteiger partial charge >= 0.3 is 11.3 Å². The van der Waals surface area contributed by atoms with Gasteiger partial charge in [-0.25, -0.2) is 18.5 Å². The van der Waals surface area contributed by atoms with Gasteiger partial charge in [-0.05, 0) is 18.4 Å². The Kier molecular flexibility index (Phi) is 3.64. The SMILES string of the molecule is CCCCc1cc(=O)oc2[nH]c(=O)n(CF)c(=O)c12. The molecule has 0 radical (unpaired) electrons. The van der Waals surface area contributed by atoms with Gasteiger partial charge < -0.3 is 4.42 Å². The smallest absolute Gasteiger partial charge is 0.337 e. The number of unbranched alkanes of at least 4 members (excludes halogenated alkanes) is 1. The van der Waals surface area contributed by atoms with Gasteiger partial charge in [-0.2, -0.15) is 0 Å². The van der Waals surface area contributed by atoms with Gasteiger partial charge in [0, 0.05) is 6.07 Å². The number of rotatable bonds is 4. The molecular weight excluding hydrogens is 255 g/mol. The Bertz CT molecular complexity index is 772. The number of alkyl halides is 1. The van der Waals surface area contributed by atoms with E-state index in [-0.39, 0.29) is 11.1 Å². The first kappa shape index (κ1) is 13.3. The number of hydrogen-bond donors (Lipinski definition) is 1. The zero-order valence-corrected chi connectivity index (χ0v) is 10.4. The van der Waals surface area contributed by atoms with E-state index < -0.39 is 23.7 Å². The van der Waals surface area contributed by atoms with Gasteiger partial charge in [-0.15, -0.1) is 0 Å². The maximum Gasteiger partial charge on any atom is 0.337 e. The second-order valence-electron chi connectivity index (χ2n) is 4.18. The highest BCUT2D eigenvalue weighted by Gasteiger charge is 2.14. The molecule has 2 heterocycles. The molecule has 2 rings (SSSR count). The summed E-state index contributed by atoms with van der Waals surface area (Å²) in [4.78, 5) is 37.0. The van der Waals surface area contributed by atoms with Crippen molar-refractivity contribution in [3.63, 3.8) is 0 Å². The van der Waals surface area contributed by atoms with Crippen LogP contribution in [0.1, 0.15) is 25.3 Å². The average molecular weight is 268 g/mol. The van der Waals surface area contributed by atoms with Crippen LogP contribution in [-0.2, 0) is 13.2 Å². The van der Waals surface area contributed by atoms with Crippen LogP contribution in [0.2, 0.25) is 0 Å². The molecule has 19 heavy (non-hydrogen) atoms. The highest BCUT2D eigenvalue weighted by molar-refractivity contribution is 5.75. The predicted molar refractivity (Wildman–Crippen MR) is 67.1 cm³/mol. The molecule has 0 unspecified atom stereocenters. The molecule has 0 amide bonds. The average Bonchev–Trinajstić information content (AvgIpc) is 2.35. The molecule has 2 aromatic rings. The summed E-state index contributed by atoms with van der Waals surface area (Å²) in [7, 11) is 0. The quantitative estimate of drug-likeness (QED) is 0.893. The summed E-state index contributed by atoms with van der Waals surface area (Å²) in [6.45, 7) is 0.742. The Labute approximate surface area is 106 Å². The van der Waals surface area contributed by atoms with Crippen LogP contribution in [0.3, 0.4) is 0 Å². The van der Waals surface area contributed by atoms with Gasteiger partial charge in [-0.3, -0.25) is 9.78 Å². The van der Waals surface area contributed by atoms with E-state index in [4.69, 9.17) is 4.42 Å². The Balaban J connectivity index is 2.85. The molecule has 0 atom stereocenters. The van der Waals surface area contributed by atoms with Gasteiger partial charge in [0.15, 0.2) is 6.80 Å². The van der Waals surface area contributed by atoms with Crippen molar-refractivity contribution in [2.45, 2.75) is 33.0 Å². The minimum atomic E-state index is -1.23. The van der Waals surface area contributed by atoms with Gasteiger partial charge in [0.05, 0.1) is 0 Å². The summed E-state index contributed by atoms with van der Waals surface area (Å²) < 4.78 is 17.9. The van der Waals surface area contributed by atoms with Crippen molar-refractivity contribution in [2.24, 2.45) is 0 Å². The maximum absolute atomic E-state index is 12.7. The van der Waals surface area contributed by atoms with E-state index in [0.29, 0.717) is 16.6 Å². The summed E-state index contributed by atoms with van der Waals surface area (Å²) in [6, 6.07) is 1.21. The van der Waals surface area contributed by atoms with E-state index in [9.17, 15) is 18.8 Å². The molecule has 2 aromatic heterocycles. The van der Waals surface area contributed by atoms with Gasteiger partial charge in [-0.1, -0.05) is 13.3 Å². The number of fused-ring (bicyclic) bond motifs is 1. The van der Waals surface area contributed by atoms with Crippen molar-refractivity contribution in [1.82, 2.24) is 9.55 Å². The normalized spacial score (nSPS) is 11.1. The summed E-state index contributed by atoms with van der Waals surface area (Å²) in [5.41, 5.74) is -2.09. The highest BCUT2D eigenvalue weighted by atomic mass is 19.1. The third-order valence-corrected chi connectivity index (χ3v) is 2.89. The lowest BCUT2D eigenvalue weighted by atomic mass is 10.1. The number of H-pyrrole nitrogens is 1. The molecule has 0 aromatic carbocycles. The van der Waals surface area contributed by atoms with Crippen molar-refractivity contribution in [1.29, 1.82) is 0 Å². The Morgan fingerprint density at radius 3 is 2.74 bits per heavy atom. The first-order valence-corrected chi connectivity index (χ1v) is 5.94. The Hall–Kier alpha value is -2.18. The molecule has 0 fully saturated rings. The molecule has 6 nitrogen and oxygen atoms in total. The van der Waals surface area contributed by atoms with E-state index in [0.717, 1.165) is 12.8 Å². The van der Waals surface area contributed by atoms with Crippen LogP contribution >= 0.6 is 0 Å². The fourth-order valence-corrected chi connectivity index (χ4v) is 1.93. The number of aryl methyl sites for hydroxylation is 1. The van der Waals surface area contributed by atoms with E-state index >= 15 is 0 Å². The number of aromatic amines is 1. The molecule has 0 aliphatic carbocycles. The number of nitrogens with zero attached hydrogens (tertiary/aromatic N) is 1. The van der Waals surface area contributed by atoms with Gasteiger partial charge in [0.25, 0.3) is 5.56 Å². The first-order valence-electron chi connectivity index (χ1n) is 5.94. The molecule has 7 heteroatoms. The first-order chi connectivity index (χ1) is 9.08. The molecule has 0 aliphatic rings. The zero-order valence-electron chi connectivity index (χ0n) is 10.4. The fraction of sp³-hybridized carbons (Fsp3) is 0.417. The highest BCUT2D eigenvalue weighted by Crippen LogP contribution is 2.12. The lowest BCUT2D eigenvalue weighted by molar-refractivity contribution is 0.358. The molecule has 0 saturated heterocycles. The largest absolute Gasteiger partial charge is 0.405 e. The number of hydrogen-bond acceptors (Lipinski definition) is 4. The summed E-state index contributed by atoms with van der Waals surface area (Å²) in [5.74, 6) is 0. The lowest BCUT2D eigenvalue weighted by Gasteiger charge is -2.05. The third kappa shape index (κ3) is 2.35. The number of halogens is 1. The number of aromatic nitrogens is 2. The maximum atomic E-state index is 12.7. The molecule has 102 valence electrons. The summed E-state index contributed by atoms with van der Waals surface area (Å²) in [6.07, 6.45) is 2.14. The third-order valence-electron chi connectivity index (χ3n) is 2.89. The minimum absolute atomic E-state index is 0.0605. The molecule has 0 spiro atoms. The summed E-state index contributed by atoms with van der Waals surface area (Å²) in [5, 5.41) is 0.0605. The molecule has 0 bridgehead atoms. The van der Waals surface area contributed by atoms with Crippen molar-refractivity contribution < 1.29 is 8.81 Å². The molecule has 0 aliphatic heterocycles. The monoisotopic (exact) mass is 268 g/mol.